The van der Waals surface area contributed by atoms with E-state index in [0.29, 0.717) is 17.1 Å². The number of carbonyl (C=O) groups is 1. The lowest BCUT2D eigenvalue weighted by Crippen LogP contribution is -2.38. The number of rotatable bonds is 5. The van der Waals surface area contributed by atoms with Gasteiger partial charge in [0.25, 0.3) is 0 Å². The topological polar surface area (TPSA) is 23.6 Å². The number of hydrogen-bond acceptors (Lipinski definition) is 3. The van der Waals surface area contributed by atoms with Gasteiger partial charge in [-0.15, -0.1) is 0 Å². The van der Waals surface area contributed by atoms with Crippen LogP contribution in [-0.4, -0.2) is 28.3 Å². The van der Waals surface area contributed by atoms with Crippen LogP contribution in [0.25, 0.3) is 0 Å². The Kier molecular flexibility index (Phi) is 4.68. The maximum absolute atomic E-state index is 12.4. The molecule has 0 aliphatic carbocycles. The van der Waals surface area contributed by atoms with Gasteiger partial charge in [-0.3, -0.25) is 4.79 Å². The van der Waals surface area contributed by atoms with Gasteiger partial charge >= 0.3 is 0 Å². The van der Waals surface area contributed by atoms with Gasteiger partial charge in [0.1, 0.15) is 0 Å². The van der Waals surface area contributed by atoms with Crippen molar-refractivity contribution >= 4 is 17.4 Å². The molecule has 0 bridgehead atoms. The van der Waals surface area contributed by atoms with E-state index in [2.05, 4.69) is 28.9 Å². The Bertz CT molecular complexity index is 697. The molecule has 0 saturated carbocycles. The first-order chi connectivity index (χ1) is 11.1. The monoisotopic (exact) mass is 326 g/mol. The van der Waals surface area contributed by atoms with Gasteiger partial charge in [-0.1, -0.05) is 41.9 Å². The van der Waals surface area contributed by atoms with Crippen LogP contribution < -0.4 is 0 Å². The second-order valence-electron chi connectivity index (χ2n) is 5.69. The molecule has 0 aromatic heterocycles. The van der Waals surface area contributed by atoms with Crippen molar-refractivity contribution in [3.8, 4) is 0 Å². The van der Waals surface area contributed by atoms with E-state index in [1.54, 1.807) is 24.3 Å². The summed E-state index contributed by atoms with van der Waals surface area (Å²) in [6, 6.07) is 17.4. The lowest BCUT2D eigenvalue weighted by Gasteiger charge is -2.29. The Morgan fingerprint density at radius 2 is 1.65 bits per heavy atom. The van der Waals surface area contributed by atoms with Crippen LogP contribution in [0.5, 0.6) is 0 Å². The molecule has 1 atom stereocenters. The fraction of sp³-hybridized carbons (Fsp3) is 0.211. The lowest BCUT2D eigenvalue weighted by molar-refractivity contribution is 0.0894. The molecule has 4 heteroatoms. The van der Waals surface area contributed by atoms with E-state index in [4.69, 9.17) is 11.6 Å². The first kappa shape index (κ1) is 15.6. The van der Waals surface area contributed by atoms with Gasteiger partial charge in [-0.2, -0.15) is 0 Å². The highest BCUT2D eigenvalue weighted by Crippen LogP contribution is 2.19. The summed E-state index contributed by atoms with van der Waals surface area (Å²) in [5, 5.41) is 0.644. The summed E-state index contributed by atoms with van der Waals surface area (Å²) in [6.07, 6.45) is 4.19. The number of nitrogens with zero attached hydrogens (tertiary/aromatic N) is 2. The molecule has 0 fully saturated rings. The predicted octanol–water partition coefficient (Wildman–Crippen LogP) is 4.16. The van der Waals surface area contributed by atoms with Crippen molar-refractivity contribution in [3.05, 3.63) is 83.1 Å². The molecule has 0 amide bonds. The third-order valence-electron chi connectivity index (χ3n) is 4.11. The molecule has 2 aromatic rings. The zero-order valence-electron chi connectivity index (χ0n) is 13.0. The minimum atomic E-state index is 0.0970. The van der Waals surface area contributed by atoms with Crippen LogP contribution in [0, 0.1) is 0 Å². The number of halogens is 1. The smallest absolute Gasteiger partial charge is 0.182 e. The number of hydrogen-bond donors (Lipinski definition) is 0. The predicted molar refractivity (Wildman–Crippen MR) is 93.1 cm³/mol. The molecule has 0 radical (unpaired) electrons. The quantitative estimate of drug-likeness (QED) is 0.771. The van der Waals surface area contributed by atoms with Gasteiger partial charge in [0.15, 0.2) is 5.78 Å². The molecule has 1 unspecified atom stereocenters. The Morgan fingerprint density at radius 1 is 1.00 bits per heavy atom. The molecular weight excluding hydrogens is 308 g/mol. The van der Waals surface area contributed by atoms with Gasteiger partial charge in [0.05, 0.1) is 12.7 Å². The van der Waals surface area contributed by atoms with Crippen molar-refractivity contribution in [2.75, 3.05) is 6.54 Å². The fourth-order valence-electron chi connectivity index (χ4n) is 2.67. The molecule has 0 spiro atoms. The van der Waals surface area contributed by atoms with Crippen molar-refractivity contribution < 1.29 is 4.79 Å². The van der Waals surface area contributed by atoms with Crippen LogP contribution >= 0.6 is 11.6 Å². The molecule has 1 heterocycles. The minimum absolute atomic E-state index is 0.0970. The van der Waals surface area contributed by atoms with Crippen molar-refractivity contribution in [1.82, 2.24) is 9.80 Å². The summed E-state index contributed by atoms with van der Waals surface area (Å²) in [7, 11) is 0. The molecule has 0 saturated heterocycles. The van der Waals surface area contributed by atoms with Crippen molar-refractivity contribution in [1.29, 1.82) is 0 Å². The zero-order valence-corrected chi connectivity index (χ0v) is 13.8. The molecule has 2 aromatic carbocycles. The van der Waals surface area contributed by atoms with Crippen molar-refractivity contribution in [2.45, 2.75) is 19.6 Å². The highest BCUT2D eigenvalue weighted by molar-refractivity contribution is 6.30. The van der Waals surface area contributed by atoms with Crippen LogP contribution in [0.15, 0.2) is 67.0 Å². The number of carbonyl (C=O) groups excluding carboxylic acids is 1. The summed E-state index contributed by atoms with van der Waals surface area (Å²) in [5.41, 5.74) is 1.95. The molecular formula is C19H19ClN2O. The fourth-order valence-corrected chi connectivity index (χ4v) is 2.79. The van der Waals surface area contributed by atoms with E-state index in [1.807, 2.05) is 30.6 Å². The number of ketones is 1. The average Bonchev–Trinajstić information content (AvgIpc) is 2.90. The Morgan fingerprint density at radius 3 is 2.35 bits per heavy atom. The van der Waals surface area contributed by atoms with Crippen LogP contribution in [0.3, 0.4) is 0 Å². The SMILES string of the molecule is CC1N(CC(=O)c2ccc(Cl)cc2)C=CN1Cc1ccccc1. The third-order valence-corrected chi connectivity index (χ3v) is 4.36. The number of Topliss-reactive ketones (excluding diaryl/α,β-unsaturated/α-hetero) is 1. The van der Waals surface area contributed by atoms with E-state index < -0.39 is 0 Å². The van der Waals surface area contributed by atoms with E-state index in [0.717, 1.165) is 6.54 Å². The standard InChI is InChI=1S/C19H19ClN2O/c1-15-21(13-16-5-3-2-4-6-16)11-12-22(15)14-19(23)17-7-9-18(20)10-8-17/h2-12,15H,13-14H2,1H3. The molecule has 3 nitrogen and oxygen atoms in total. The van der Waals surface area contributed by atoms with Crippen LogP contribution in [0.2, 0.25) is 5.02 Å². The van der Waals surface area contributed by atoms with Gasteiger partial charge in [-0.25, -0.2) is 0 Å². The summed E-state index contributed by atoms with van der Waals surface area (Å²) in [4.78, 5) is 16.7. The zero-order chi connectivity index (χ0) is 16.2. The van der Waals surface area contributed by atoms with Crippen LogP contribution in [0.4, 0.5) is 0 Å². The molecule has 0 N–H and O–H groups in total. The second-order valence-corrected chi connectivity index (χ2v) is 6.13. The first-order valence-electron chi connectivity index (χ1n) is 7.66. The first-order valence-corrected chi connectivity index (χ1v) is 8.04. The molecule has 1 aliphatic heterocycles. The van der Waals surface area contributed by atoms with E-state index in [9.17, 15) is 4.79 Å². The van der Waals surface area contributed by atoms with E-state index in [-0.39, 0.29) is 11.9 Å². The van der Waals surface area contributed by atoms with E-state index in [1.165, 1.54) is 5.56 Å². The second kappa shape index (κ2) is 6.88. The van der Waals surface area contributed by atoms with Crippen molar-refractivity contribution in [2.24, 2.45) is 0 Å². The highest BCUT2D eigenvalue weighted by Gasteiger charge is 2.23. The summed E-state index contributed by atoms with van der Waals surface area (Å²) >= 11 is 5.87. The number of benzene rings is 2. The van der Waals surface area contributed by atoms with Gasteiger partial charge in [-0.05, 0) is 36.8 Å². The Hall–Kier alpha value is -2.26. The minimum Gasteiger partial charge on any atom is -0.352 e. The largest absolute Gasteiger partial charge is 0.352 e. The maximum atomic E-state index is 12.4. The van der Waals surface area contributed by atoms with Gasteiger partial charge < -0.3 is 9.80 Å². The Balaban J connectivity index is 1.61. The summed E-state index contributed by atoms with van der Waals surface area (Å²) in [6.45, 7) is 3.31. The van der Waals surface area contributed by atoms with Crippen molar-refractivity contribution in [3.63, 3.8) is 0 Å². The van der Waals surface area contributed by atoms with Gasteiger partial charge in [0, 0.05) is 29.5 Å². The molecule has 3 rings (SSSR count). The lowest BCUT2D eigenvalue weighted by atomic mass is 10.1. The van der Waals surface area contributed by atoms with Gasteiger partial charge in [0.2, 0.25) is 0 Å². The summed E-state index contributed by atoms with van der Waals surface area (Å²) in [5.74, 6) is 0.0970. The van der Waals surface area contributed by atoms with Crippen LogP contribution in [0.1, 0.15) is 22.8 Å². The normalized spacial score (nSPS) is 16.9. The molecule has 23 heavy (non-hydrogen) atoms. The van der Waals surface area contributed by atoms with E-state index >= 15 is 0 Å². The average molecular weight is 327 g/mol. The Labute approximate surface area is 141 Å². The molecule has 1 aliphatic rings. The summed E-state index contributed by atoms with van der Waals surface area (Å²) < 4.78 is 0. The molecule has 118 valence electrons. The highest BCUT2D eigenvalue weighted by atomic mass is 35.5. The maximum Gasteiger partial charge on any atom is 0.182 e. The van der Waals surface area contributed by atoms with Crippen LogP contribution in [-0.2, 0) is 6.54 Å². The third kappa shape index (κ3) is 3.74.